The number of nitrogens with two attached hydrogens (primary N) is 1. The Kier molecular flexibility index (Phi) is 4.59. The van der Waals surface area contributed by atoms with Gasteiger partial charge in [-0.05, 0) is 50.1 Å². The van der Waals surface area contributed by atoms with Gasteiger partial charge in [-0.15, -0.1) is 0 Å². The van der Waals surface area contributed by atoms with Gasteiger partial charge in [0.1, 0.15) is 0 Å². The minimum atomic E-state index is -0.364. The summed E-state index contributed by atoms with van der Waals surface area (Å²) in [6.45, 7) is 5.24. The molecule has 1 aromatic carbocycles. The van der Waals surface area contributed by atoms with Crippen LogP contribution in [0, 0.1) is 13.8 Å². The lowest BCUT2D eigenvalue weighted by atomic mass is 10.1. The highest BCUT2D eigenvalue weighted by atomic mass is 16.3. The van der Waals surface area contributed by atoms with E-state index in [-0.39, 0.29) is 6.10 Å². The van der Waals surface area contributed by atoms with Crippen LogP contribution in [0.1, 0.15) is 17.5 Å². The number of aliphatic hydroxyl groups is 1. The molecule has 1 atom stereocenters. The Morgan fingerprint density at radius 1 is 1.33 bits per heavy atom. The smallest absolute Gasteiger partial charge is 0.0724 e. The molecule has 0 radical (unpaired) electrons. The van der Waals surface area contributed by atoms with E-state index in [1.807, 2.05) is 6.07 Å². The molecule has 0 spiro atoms. The molecule has 0 saturated carbocycles. The average Bonchev–Trinajstić information content (AvgIpc) is 2.20. The lowest BCUT2D eigenvalue weighted by Crippen LogP contribution is -2.22. The first-order valence-corrected chi connectivity index (χ1v) is 5.32. The second-order valence-electron chi connectivity index (χ2n) is 3.91. The molecule has 0 amide bonds. The van der Waals surface area contributed by atoms with Crippen LogP contribution in [0.5, 0.6) is 0 Å². The number of benzene rings is 1. The van der Waals surface area contributed by atoms with Gasteiger partial charge < -0.3 is 16.2 Å². The second kappa shape index (κ2) is 5.73. The lowest BCUT2D eigenvalue weighted by molar-refractivity contribution is 0.180. The van der Waals surface area contributed by atoms with Crippen LogP contribution in [0.25, 0.3) is 0 Å². The van der Waals surface area contributed by atoms with E-state index in [1.165, 1.54) is 11.1 Å². The van der Waals surface area contributed by atoms with Crippen molar-refractivity contribution in [2.45, 2.75) is 26.4 Å². The molecule has 0 saturated heterocycles. The van der Waals surface area contributed by atoms with Gasteiger partial charge in [0.15, 0.2) is 0 Å². The van der Waals surface area contributed by atoms with E-state index in [0.717, 1.165) is 5.69 Å². The van der Waals surface area contributed by atoms with E-state index in [9.17, 15) is 5.11 Å². The Bertz CT molecular complexity index is 312. The van der Waals surface area contributed by atoms with Gasteiger partial charge in [0.2, 0.25) is 0 Å². The molecule has 0 aliphatic heterocycles. The minimum Gasteiger partial charge on any atom is -0.391 e. The lowest BCUT2D eigenvalue weighted by Gasteiger charge is -2.12. The van der Waals surface area contributed by atoms with E-state index >= 15 is 0 Å². The number of aliphatic hydroxyl groups excluding tert-OH is 1. The van der Waals surface area contributed by atoms with Crippen molar-refractivity contribution in [2.75, 3.05) is 18.4 Å². The van der Waals surface area contributed by atoms with Crippen LogP contribution in [0.2, 0.25) is 0 Å². The van der Waals surface area contributed by atoms with Crippen molar-refractivity contribution in [3.63, 3.8) is 0 Å². The summed E-state index contributed by atoms with van der Waals surface area (Å²) in [5, 5.41) is 12.7. The molecule has 84 valence electrons. The molecule has 1 aromatic rings. The van der Waals surface area contributed by atoms with Gasteiger partial charge in [-0.3, -0.25) is 0 Å². The highest BCUT2D eigenvalue weighted by Gasteiger charge is 2.02. The molecule has 0 aromatic heterocycles. The van der Waals surface area contributed by atoms with Crippen molar-refractivity contribution in [1.29, 1.82) is 0 Å². The van der Waals surface area contributed by atoms with Gasteiger partial charge in [-0.25, -0.2) is 0 Å². The van der Waals surface area contributed by atoms with Crippen molar-refractivity contribution >= 4 is 5.69 Å². The van der Waals surface area contributed by atoms with Crippen LogP contribution in [0.4, 0.5) is 5.69 Å². The maximum absolute atomic E-state index is 9.49. The van der Waals surface area contributed by atoms with Gasteiger partial charge in [0.25, 0.3) is 0 Å². The van der Waals surface area contributed by atoms with Crippen LogP contribution in [-0.4, -0.2) is 24.3 Å². The van der Waals surface area contributed by atoms with Gasteiger partial charge >= 0.3 is 0 Å². The predicted octanol–water partition coefficient (Wildman–Crippen LogP) is 1.43. The molecule has 15 heavy (non-hydrogen) atoms. The van der Waals surface area contributed by atoms with Crippen LogP contribution in [0.3, 0.4) is 0 Å². The molecule has 1 unspecified atom stereocenters. The van der Waals surface area contributed by atoms with E-state index in [1.54, 1.807) is 0 Å². The van der Waals surface area contributed by atoms with Crippen LogP contribution < -0.4 is 11.1 Å². The van der Waals surface area contributed by atoms with Crippen LogP contribution >= 0.6 is 0 Å². The molecule has 0 heterocycles. The maximum Gasteiger partial charge on any atom is 0.0724 e. The van der Waals surface area contributed by atoms with Gasteiger partial charge in [0, 0.05) is 12.2 Å². The zero-order valence-electron chi connectivity index (χ0n) is 9.46. The normalized spacial score (nSPS) is 12.5. The average molecular weight is 208 g/mol. The third-order valence-corrected chi connectivity index (χ3v) is 2.55. The molecule has 0 aliphatic carbocycles. The van der Waals surface area contributed by atoms with Crippen molar-refractivity contribution < 1.29 is 5.11 Å². The molecule has 4 N–H and O–H groups in total. The zero-order valence-corrected chi connectivity index (χ0v) is 9.46. The highest BCUT2D eigenvalue weighted by Crippen LogP contribution is 2.14. The summed E-state index contributed by atoms with van der Waals surface area (Å²) in [6.07, 6.45) is 0.272. The van der Waals surface area contributed by atoms with E-state index in [2.05, 4.69) is 31.3 Å². The quantitative estimate of drug-likeness (QED) is 0.686. The number of rotatable bonds is 5. The van der Waals surface area contributed by atoms with Gasteiger partial charge in [-0.1, -0.05) is 6.07 Å². The Morgan fingerprint density at radius 2 is 2.07 bits per heavy atom. The van der Waals surface area contributed by atoms with Crippen molar-refractivity contribution in [1.82, 2.24) is 0 Å². The fourth-order valence-corrected chi connectivity index (χ4v) is 1.38. The number of anilines is 1. The fourth-order valence-electron chi connectivity index (χ4n) is 1.38. The third-order valence-electron chi connectivity index (χ3n) is 2.55. The molecule has 0 bridgehead atoms. The SMILES string of the molecule is Cc1ccc(NCC(O)CCN)cc1C. The molecular formula is C12H20N2O. The summed E-state index contributed by atoms with van der Waals surface area (Å²) in [5.41, 5.74) is 8.94. The monoisotopic (exact) mass is 208 g/mol. The summed E-state index contributed by atoms with van der Waals surface area (Å²) in [5.74, 6) is 0. The van der Waals surface area contributed by atoms with Crippen molar-refractivity contribution in [2.24, 2.45) is 5.73 Å². The topological polar surface area (TPSA) is 58.3 Å². The maximum atomic E-state index is 9.49. The minimum absolute atomic E-state index is 0.364. The first-order valence-electron chi connectivity index (χ1n) is 5.32. The summed E-state index contributed by atoms with van der Waals surface area (Å²) < 4.78 is 0. The first kappa shape index (κ1) is 12.0. The number of hydrogen-bond acceptors (Lipinski definition) is 3. The number of aryl methyl sites for hydroxylation is 2. The summed E-state index contributed by atoms with van der Waals surface area (Å²) >= 11 is 0. The molecule has 0 fully saturated rings. The molecular weight excluding hydrogens is 188 g/mol. The molecule has 1 rings (SSSR count). The number of hydrogen-bond donors (Lipinski definition) is 3. The van der Waals surface area contributed by atoms with Crippen molar-refractivity contribution in [3.8, 4) is 0 Å². The molecule has 3 heteroatoms. The van der Waals surface area contributed by atoms with E-state index in [0.29, 0.717) is 19.5 Å². The van der Waals surface area contributed by atoms with Gasteiger partial charge in [-0.2, -0.15) is 0 Å². The standard InChI is InChI=1S/C12H20N2O/c1-9-3-4-11(7-10(9)2)14-8-12(15)5-6-13/h3-4,7,12,14-15H,5-6,8,13H2,1-2H3. The zero-order chi connectivity index (χ0) is 11.3. The van der Waals surface area contributed by atoms with Crippen LogP contribution in [-0.2, 0) is 0 Å². The predicted molar refractivity (Wildman–Crippen MR) is 64.1 cm³/mol. The largest absolute Gasteiger partial charge is 0.391 e. The second-order valence-corrected chi connectivity index (χ2v) is 3.91. The van der Waals surface area contributed by atoms with Gasteiger partial charge in [0.05, 0.1) is 6.10 Å². The highest BCUT2D eigenvalue weighted by molar-refractivity contribution is 5.48. The summed E-state index contributed by atoms with van der Waals surface area (Å²) in [7, 11) is 0. The van der Waals surface area contributed by atoms with Crippen LogP contribution in [0.15, 0.2) is 18.2 Å². The first-order chi connectivity index (χ1) is 7.13. The Morgan fingerprint density at radius 3 is 2.67 bits per heavy atom. The molecule has 3 nitrogen and oxygen atoms in total. The summed E-state index contributed by atoms with van der Waals surface area (Å²) in [6, 6.07) is 6.19. The Balaban J connectivity index is 2.47. The van der Waals surface area contributed by atoms with E-state index in [4.69, 9.17) is 5.73 Å². The van der Waals surface area contributed by atoms with Crippen molar-refractivity contribution in [3.05, 3.63) is 29.3 Å². The Hall–Kier alpha value is -1.06. The van der Waals surface area contributed by atoms with E-state index < -0.39 is 0 Å². The molecule has 0 aliphatic rings. The third kappa shape index (κ3) is 3.90. The Labute approximate surface area is 91.3 Å². The fraction of sp³-hybridized carbons (Fsp3) is 0.500. The number of nitrogens with one attached hydrogen (secondary N) is 1. The summed E-state index contributed by atoms with van der Waals surface area (Å²) in [4.78, 5) is 0.